The van der Waals surface area contributed by atoms with Crippen molar-refractivity contribution >= 4 is 5.97 Å². The van der Waals surface area contributed by atoms with E-state index in [4.69, 9.17) is 4.89 Å². The normalized spacial score (nSPS) is 12.0. The van der Waals surface area contributed by atoms with Gasteiger partial charge in [-0.25, -0.2) is 4.79 Å². The van der Waals surface area contributed by atoms with Crippen LogP contribution in [-0.2, 0) is 14.6 Å². The molecule has 0 unspecified atom stereocenters. The minimum absolute atomic E-state index is 0.406. The molecule has 0 aromatic carbocycles. The Kier molecular flexibility index (Phi) is 4.59. The van der Waals surface area contributed by atoms with Crippen LogP contribution in [0.1, 0.15) is 34.1 Å². The van der Waals surface area contributed by atoms with Crippen molar-refractivity contribution in [2.24, 2.45) is 0 Å². The monoisotopic (exact) mass is 172 g/mol. The Morgan fingerprint density at radius 3 is 2.50 bits per heavy atom. The molecule has 0 spiro atoms. The highest BCUT2D eigenvalue weighted by atomic mass is 17.2. The van der Waals surface area contributed by atoms with Gasteiger partial charge in [-0.2, -0.15) is 4.89 Å². The Morgan fingerprint density at radius 1 is 1.50 bits per heavy atom. The molecule has 70 valence electrons. The summed E-state index contributed by atoms with van der Waals surface area (Å²) in [6.07, 6.45) is 3.70. The number of hydrogen-bond acceptors (Lipinski definition) is 3. The van der Waals surface area contributed by atoms with Gasteiger partial charge in [0.1, 0.15) is 5.60 Å². The predicted molar refractivity (Wildman–Crippen MR) is 46.4 cm³/mol. The first kappa shape index (κ1) is 11.2. The molecule has 0 aliphatic rings. The molecule has 0 atom stereocenters. The van der Waals surface area contributed by atoms with Crippen molar-refractivity contribution in [2.75, 3.05) is 0 Å². The lowest BCUT2D eigenvalue weighted by molar-refractivity contribution is -0.321. The van der Waals surface area contributed by atoms with Crippen LogP contribution in [-0.4, -0.2) is 11.6 Å². The van der Waals surface area contributed by atoms with Crippen molar-refractivity contribution in [3.8, 4) is 0 Å². The zero-order valence-electron chi connectivity index (χ0n) is 8.09. The second kappa shape index (κ2) is 4.93. The molecule has 0 rings (SSSR count). The molecule has 0 bridgehead atoms. The van der Waals surface area contributed by atoms with Gasteiger partial charge in [-0.1, -0.05) is 13.0 Å². The molecular formula is C9H16O3. The van der Waals surface area contributed by atoms with Crippen molar-refractivity contribution in [2.45, 2.75) is 39.7 Å². The van der Waals surface area contributed by atoms with E-state index in [2.05, 4.69) is 4.89 Å². The Balaban J connectivity index is 3.75. The molecule has 3 heteroatoms. The summed E-state index contributed by atoms with van der Waals surface area (Å²) in [6, 6.07) is 0. The summed E-state index contributed by atoms with van der Waals surface area (Å²) < 4.78 is 0. The van der Waals surface area contributed by atoms with Crippen LogP contribution in [0.25, 0.3) is 0 Å². The molecule has 0 saturated heterocycles. The van der Waals surface area contributed by atoms with Crippen molar-refractivity contribution < 1.29 is 14.6 Å². The fourth-order valence-corrected chi connectivity index (χ4v) is 0.377. The Labute approximate surface area is 73.3 Å². The third kappa shape index (κ3) is 4.91. The minimum Gasteiger partial charge on any atom is -0.293 e. The first-order valence-corrected chi connectivity index (χ1v) is 4.04. The molecule has 0 aliphatic carbocycles. The van der Waals surface area contributed by atoms with Crippen molar-refractivity contribution in [1.29, 1.82) is 0 Å². The second-order valence-corrected chi connectivity index (χ2v) is 3.10. The fraction of sp³-hybridized carbons (Fsp3) is 0.667. The van der Waals surface area contributed by atoms with Crippen molar-refractivity contribution in [3.05, 3.63) is 12.2 Å². The maximum atomic E-state index is 10.8. The quantitative estimate of drug-likeness (QED) is 0.370. The number of carbonyl (C=O) groups excluding carboxylic acids is 1. The lowest BCUT2D eigenvalue weighted by atomic mass is 10.1. The van der Waals surface area contributed by atoms with Gasteiger partial charge in [0.25, 0.3) is 0 Å². The SMILES string of the molecule is CC=CC(=O)OOC(C)(C)CC. The third-order valence-electron chi connectivity index (χ3n) is 1.50. The standard InChI is InChI=1S/C9H16O3/c1-5-7-8(10)11-12-9(3,4)6-2/h5,7H,6H2,1-4H3. The lowest BCUT2D eigenvalue weighted by Crippen LogP contribution is -2.24. The van der Waals surface area contributed by atoms with Gasteiger partial charge in [0, 0.05) is 6.08 Å². The van der Waals surface area contributed by atoms with Crippen molar-refractivity contribution in [3.63, 3.8) is 0 Å². The second-order valence-electron chi connectivity index (χ2n) is 3.10. The van der Waals surface area contributed by atoms with Crippen LogP contribution in [0, 0.1) is 0 Å². The van der Waals surface area contributed by atoms with Gasteiger partial charge < -0.3 is 0 Å². The average Bonchev–Trinajstić information content (AvgIpc) is 2.02. The summed E-state index contributed by atoms with van der Waals surface area (Å²) >= 11 is 0. The van der Waals surface area contributed by atoms with E-state index in [0.717, 1.165) is 6.42 Å². The van der Waals surface area contributed by atoms with Crippen LogP contribution >= 0.6 is 0 Å². The fourth-order valence-electron chi connectivity index (χ4n) is 0.377. The van der Waals surface area contributed by atoms with E-state index in [1.54, 1.807) is 13.0 Å². The summed E-state index contributed by atoms with van der Waals surface area (Å²) in [5.41, 5.74) is -0.406. The molecule has 0 heterocycles. The summed E-state index contributed by atoms with van der Waals surface area (Å²) in [6.45, 7) is 7.42. The Bertz CT molecular complexity index is 171. The molecular weight excluding hydrogens is 156 g/mol. The van der Waals surface area contributed by atoms with Gasteiger partial charge in [0.05, 0.1) is 0 Å². The lowest BCUT2D eigenvalue weighted by Gasteiger charge is -2.19. The van der Waals surface area contributed by atoms with Crippen LogP contribution in [0.2, 0.25) is 0 Å². The molecule has 0 aliphatic heterocycles. The van der Waals surface area contributed by atoms with Gasteiger partial charge in [-0.3, -0.25) is 4.89 Å². The summed E-state index contributed by atoms with van der Waals surface area (Å²) in [4.78, 5) is 20.2. The number of hydrogen-bond donors (Lipinski definition) is 0. The molecule has 0 aromatic rings. The first-order chi connectivity index (χ1) is 5.52. The summed E-state index contributed by atoms with van der Waals surface area (Å²) in [5, 5.41) is 0. The van der Waals surface area contributed by atoms with Gasteiger partial charge in [0.2, 0.25) is 0 Å². The molecule has 0 amide bonds. The minimum atomic E-state index is -0.473. The molecule has 0 fully saturated rings. The van der Waals surface area contributed by atoms with E-state index >= 15 is 0 Å². The van der Waals surface area contributed by atoms with Crippen LogP contribution in [0.15, 0.2) is 12.2 Å². The smallest absolute Gasteiger partial charge is 0.293 e. The van der Waals surface area contributed by atoms with E-state index in [9.17, 15) is 4.79 Å². The number of allylic oxidation sites excluding steroid dienone is 1. The Morgan fingerprint density at radius 2 is 2.08 bits per heavy atom. The van der Waals surface area contributed by atoms with Crippen LogP contribution in [0.3, 0.4) is 0 Å². The molecule has 0 aromatic heterocycles. The first-order valence-electron chi connectivity index (χ1n) is 4.04. The van der Waals surface area contributed by atoms with Crippen LogP contribution in [0.5, 0.6) is 0 Å². The largest absolute Gasteiger partial charge is 0.365 e. The zero-order valence-corrected chi connectivity index (χ0v) is 8.09. The number of carbonyl (C=O) groups is 1. The highest BCUT2D eigenvalue weighted by Gasteiger charge is 2.18. The van der Waals surface area contributed by atoms with Gasteiger partial charge >= 0.3 is 5.97 Å². The molecule has 3 nitrogen and oxygen atoms in total. The highest BCUT2D eigenvalue weighted by molar-refractivity contribution is 5.81. The maximum Gasteiger partial charge on any atom is 0.365 e. The van der Waals surface area contributed by atoms with E-state index in [1.165, 1.54) is 6.08 Å². The highest BCUT2D eigenvalue weighted by Crippen LogP contribution is 2.13. The number of rotatable bonds is 4. The zero-order chi connectivity index (χ0) is 9.61. The van der Waals surface area contributed by atoms with E-state index in [0.29, 0.717) is 0 Å². The van der Waals surface area contributed by atoms with Gasteiger partial charge in [-0.05, 0) is 27.2 Å². The maximum absolute atomic E-state index is 10.8. The van der Waals surface area contributed by atoms with E-state index < -0.39 is 11.6 Å². The molecule has 0 saturated carbocycles. The van der Waals surface area contributed by atoms with E-state index in [-0.39, 0.29) is 0 Å². The topological polar surface area (TPSA) is 35.5 Å². The molecule has 12 heavy (non-hydrogen) atoms. The van der Waals surface area contributed by atoms with Gasteiger partial charge in [0.15, 0.2) is 0 Å². The summed E-state index contributed by atoms with van der Waals surface area (Å²) in [7, 11) is 0. The van der Waals surface area contributed by atoms with Gasteiger partial charge in [-0.15, -0.1) is 0 Å². The average molecular weight is 172 g/mol. The van der Waals surface area contributed by atoms with Crippen LogP contribution in [0.4, 0.5) is 0 Å². The summed E-state index contributed by atoms with van der Waals surface area (Å²) in [5.74, 6) is -0.473. The third-order valence-corrected chi connectivity index (χ3v) is 1.50. The Hall–Kier alpha value is -0.830. The predicted octanol–water partition coefficient (Wildman–Crippen LogP) is 2.23. The van der Waals surface area contributed by atoms with Crippen LogP contribution < -0.4 is 0 Å². The molecule has 0 N–H and O–H groups in total. The van der Waals surface area contributed by atoms with E-state index in [1.807, 2.05) is 20.8 Å². The molecule has 0 radical (unpaired) electrons. The van der Waals surface area contributed by atoms with Crippen molar-refractivity contribution in [1.82, 2.24) is 0 Å².